The van der Waals surface area contributed by atoms with Crippen molar-refractivity contribution in [1.82, 2.24) is 10.6 Å². The summed E-state index contributed by atoms with van der Waals surface area (Å²) in [6.45, 7) is -1.26. The molecule has 114 valence electrons. The van der Waals surface area contributed by atoms with Crippen molar-refractivity contribution >= 4 is 18.0 Å². The van der Waals surface area contributed by atoms with E-state index in [9.17, 15) is 14.4 Å². The summed E-state index contributed by atoms with van der Waals surface area (Å²) in [7, 11) is 0. The van der Waals surface area contributed by atoms with E-state index >= 15 is 0 Å². The number of aliphatic hydroxyl groups is 1. The van der Waals surface area contributed by atoms with E-state index in [4.69, 9.17) is 14.9 Å². The molecule has 0 bridgehead atoms. The van der Waals surface area contributed by atoms with E-state index in [-0.39, 0.29) is 6.61 Å². The lowest BCUT2D eigenvalue weighted by molar-refractivity contribution is -0.138. The van der Waals surface area contributed by atoms with Crippen molar-refractivity contribution in [3.63, 3.8) is 0 Å². The van der Waals surface area contributed by atoms with Crippen LogP contribution in [0.15, 0.2) is 30.3 Å². The number of hydrogen-bond donors (Lipinski definition) is 4. The van der Waals surface area contributed by atoms with Crippen molar-refractivity contribution in [3.8, 4) is 0 Å². The third-order valence-electron chi connectivity index (χ3n) is 2.42. The van der Waals surface area contributed by atoms with Gasteiger partial charge in [0, 0.05) is 0 Å². The smallest absolute Gasteiger partial charge is 0.408 e. The highest BCUT2D eigenvalue weighted by Crippen LogP contribution is 2.00. The third-order valence-corrected chi connectivity index (χ3v) is 2.42. The minimum atomic E-state index is -1.27. The normalized spacial score (nSPS) is 11.3. The molecule has 0 radical (unpaired) electrons. The van der Waals surface area contributed by atoms with Gasteiger partial charge in [-0.1, -0.05) is 30.3 Å². The lowest BCUT2D eigenvalue weighted by Gasteiger charge is -2.15. The average molecular weight is 296 g/mol. The molecule has 2 amide bonds. The van der Waals surface area contributed by atoms with Crippen LogP contribution in [0.25, 0.3) is 0 Å². The van der Waals surface area contributed by atoms with Crippen LogP contribution in [0.5, 0.6) is 0 Å². The Hall–Kier alpha value is -2.61. The fourth-order valence-corrected chi connectivity index (χ4v) is 1.39. The largest absolute Gasteiger partial charge is 0.480 e. The van der Waals surface area contributed by atoms with E-state index in [1.807, 2.05) is 11.4 Å². The number of carbonyl (C=O) groups excluding carboxylic acids is 2. The predicted molar refractivity (Wildman–Crippen MR) is 71.3 cm³/mol. The second kappa shape index (κ2) is 8.54. The SMILES string of the molecule is O=C(O)CNC(=O)[C@H](CO)NC(=O)OCc1ccccc1. The van der Waals surface area contributed by atoms with Crippen LogP contribution < -0.4 is 10.6 Å². The fraction of sp³-hybridized carbons (Fsp3) is 0.308. The van der Waals surface area contributed by atoms with Gasteiger partial charge in [0.2, 0.25) is 5.91 Å². The van der Waals surface area contributed by atoms with Gasteiger partial charge in [0.25, 0.3) is 0 Å². The Kier molecular flexibility index (Phi) is 6.69. The van der Waals surface area contributed by atoms with E-state index in [1.165, 1.54) is 0 Å². The monoisotopic (exact) mass is 296 g/mol. The summed E-state index contributed by atoms with van der Waals surface area (Å²) in [5.74, 6) is -2.04. The number of nitrogens with one attached hydrogen (secondary N) is 2. The zero-order valence-corrected chi connectivity index (χ0v) is 11.1. The second-order valence-corrected chi connectivity index (χ2v) is 4.05. The van der Waals surface area contributed by atoms with Crippen molar-refractivity contribution in [2.24, 2.45) is 0 Å². The van der Waals surface area contributed by atoms with Crippen LogP contribution in [0, 0.1) is 0 Å². The molecule has 0 unspecified atom stereocenters. The maximum absolute atomic E-state index is 11.5. The molecule has 8 heteroatoms. The Morgan fingerprint density at radius 3 is 2.43 bits per heavy atom. The zero-order chi connectivity index (χ0) is 15.7. The molecule has 1 rings (SSSR count). The van der Waals surface area contributed by atoms with Gasteiger partial charge in [-0.05, 0) is 5.56 Å². The Morgan fingerprint density at radius 2 is 1.86 bits per heavy atom. The summed E-state index contributed by atoms with van der Waals surface area (Å²) in [6.07, 6.45) is -0.886. The summed E-state index contributed by atoms with van der Waals surface area (Å²) >= 11 is 0. The maximum Gasteiger partial charge on any atom is 0.408 e. The van der Waals surface area contributed by atoms with E-state index in [1.54, 1.807) is 24.3 Å². The van der Waals surface area contributed by atoms with Gasteiger partial charge in [0.05, 0.1) is 6.61 Å². The molecule has 0 spiro atoms. The molecule has 1 aromatic carbocycles. The van der Waals surface area contributed by atoms with Crippen LogP contribution in [0.1, 0.15) is 5.56 Å². The number of carboxylic acids is 1. The van der Waals surface area contributed by atoms with Gasteiger partial charge in [-0.25, -0.2) is 4.79 Å². The topological polar surface area (TPSA) is 125 Å². The van der Waals surface area contributed by atoms with Gasteiger partial charge >= 0.3 is 12.1 Å². The number of carbonyl (C=O) groups is 3. The number of aliphatic carboxylic acids is 1. The first-order valence-electron chi connectivity index (χ1n) is 6.10. The van der Waals surface area contributed by atoms with E-state index in [0.717, 1.165) is 5.56 Å². The number of ether oxygens (including phenoxy) is 1. The minimum absolute atomic E-state index is 0.0154. The standard InChI is InChI=1S/C13H16N2O6/c16-7-10(12(19)14-6-11(17)18)15-13(20)21-8-9-4-2-1-3-5-9/h1-5,10,16H,6-8H2,(H,14,19)(H,15,20)(H,17,18)/t10-/m0/s1. The Labute approximate surface area is 120 Å². The number of rotatable bonds is 7. The second-order valence-electron chi connectivity index (χ2n) is 4.05. The predicted octanol–water partition coefficient (Wildman–Crippen LogP) is -0.525. The Bertz CT molecular complexity index is 491. The average Bonchev–Trinajstić information content (AvgIpc) is 2.49. The van der Waals surface area contributed by atoms with Crippen molar-refractivity contribution in [1.29, 1.82) is 0 Å². The van der Waals surface area contributed by atoms with Gasteiger partial charge in [0.1, 0.15) is 19.2 Å². The van der Waals surface area contributed by atoms with E-state index in [2.05, 4.69) is 5.32 Å². The molecule has 0 aromatic heterocycles. The van der Waals surface area contributed by atoms with Crippen LogP contribution in [0.3, 0.4) is 0 Å². The van der Waals surface area contributed by atoms with Crippen LogP contribution in [-0.4, -0.2) is 47.4 Å². The molecule has 0 saturated carbocycles. The van der Waals surface area contributed by atoms with Gasteiger partial charge in [0.15, 0.2) is 0 Å². The Morgan fingerprint density at radius 1 is 1.19 bits per heavy atom. The molecule has 1 aromatic rings. The van der Waals surface area contributed by atoms with Crippen molar-refractivity contribution < 1.29 is 29.3 Å². The molecule has 0 heterocycles. The number of alkyl carbamates (subject to hydrolysis) is 1. The quantitative estimate of drug-likeness (QED) is 0.536. The number of aliphatic hydroxyl groups excluding tert-OH is 1. The molecule has 4 N–H and O–H groups in total. The summed E-state index contributed by atoms with van der Waals surface area (Å²) < 4.78 is 4.88. The van der Waals surface area contributed by atoms with Gasteiger partial charge in [-0.3, -0.25) is 9.59 Å². The molecule has 1 atom stereocenters. The molecule has 0 aliphatic carbocycles. The van der Waals surface area contributed by atoms with Crippen LogP contribution in [0.2, 0.25) is 0 Å². The lowest BCUT2D eigenvalue weighted by atomic mass is 10.2. The maximum atomic E-state index is 11.5. The molecule has 0 saturated heterocycles. The van der Waals surface area contributed by atoms with Gasteiger partial charge in [-0.15, -0.1) is 0 Å². The summed E-state index contributed by atoms with van der Waals surface area (Å²) in [5, 5.41) is 21.6. The van der Waals surface area contributed by atoms with Gasteiger partial charge in [-0.2, -0.15) is 0 Å². The van der Waals surface area contributed by atoms with Crippen molar-refractivity contribution in [2.45, 2.75) is 12.6 Å². The first kappa shape index (κ1) is 16.4. The minimum Gasteiger partial charge on any atom is -0.480 e. The summed E-state index contributed by atoms with van der Waals surface area (Å²) in [5.41, 5.74) is 0.767. The van der Waals surface area contributed by atoms with Gasteiger partial charge < -0.3 is 25.6 Å². The first-order valence-corrected chi connectivity index (χ1v) is 6.10. The van der Waals surface area contributed by atoms with E-state index in [0.29, 0.717) is 0 Å². The molecular weight excluding hydrogens is 280 g/mol. The molecule has 0 aliphatic rings. The molecule has 21 heavy (non-hydrogen) atoms. The summed E-state index contributed by atoms with van der Waals surface area (Å²) in [6, 6.07) is 7.64. The molecule has 8 nitrogen and oxygen atoms in total. The number of amides is 2. The Balaban J connectivity index is 2.40. The lowest BCUT2D eigenvalue weighted by Crippen LogP contribution is -2.49. The highest BCUT2D eigenvalue weighted by Gasteiger charge is 2.20. The van der Waals surface area contributed by atoms with Crippen LogP contribution in [0.4, 0.5) is 4.79 Å². The molecular formula is C13H16N2O6. The molecule has 0 fully saturated rings. The van der Waals surface area contributed by atoms with E-state index < -0.39 is 37.2 Å². The van der Waals surface area contributed by atoms with Crippen LogP contribution in [-0.2, 0) is 20.9 Å². The highest BCUT2D eigenvalue weighted by molar-refractivity contribution is 5.88. The first-order chi connectivity index (χ1) is 10.0. The van der Waals surface area contributed by atoms with Crippen LogP contribution >= 0.6 is 0 Å². The summed E-state index contributed by atoms with van der Waals surface area (Å²) in [4.78, 5) is 33.3. The van der Waals surface area contributed by atoms with Crippen molar-refractivity contribution in [3.05, 3.63) is 35.9 Å². The molecule has 0 aliphatic heterocycles. The number of benzene rings is 1. The number of hydrogen-bond acceptors (Lipinski definition) is 5. The number of carboxylic acid groups (broad SMARTS) is 1. The van der Waals surface area contributed by atoms with Crippen molar-refractivity contribution in [2.75, 3.05) is 13.2 Å². The highest BCUT2D eigenvalue weighted by atomic mass is 16.5. The fourth-order valence-electron chi connectivity index (χ4n) is 1.39. The third kappa shape index (κ3) is 6.39. The zero-order valence-electron chi connectivity index (χ0n) is 11.1.